The molecule has 1 aliphatic rings. The third-order valence-corrected chi connectivity index (χ3v) is 4.83. The maximum Gasteiger partial charge on any atom is 0.222 e. The summed E-state index contributed by atoms with van der Waals surface area (Å²) in [4.78, 5) is 0. The van der Waals surface area contributed by atoms with Crippen molar-refractivity contribution in [2.24, 2.45) is 5.92 Å². The summed E-state index contributed by atoms with van der Waals surface area (Å²) in [5.41, 5.74) is 3.24. The number of hydrogen-bond donors (Lipinski definition) is 0. The van der Waals surface area contributed by atoms with E-state index in [1.54, 1.807) is 0 Å². The molecule has 2 aromatic rings. The molecule has 3 rings (SSSR count). The SMILES string of the molecule is CCCCC[C@H]1CO[C@H](C#Cc2ccc(-c3ccc(Cl)cc3)cc2)OC1. The molecular formula is C23H25ClO2. The van der Waals surface area contributed by atoms with Crippen LogP contribution in [0.3, 0.4) is 0 Å². The maximum absolute atomic E-state index is 5.94. The maximum atomic E-state index is 5.94. The van der Waals surface area contributed by atoms with Crippen LogP contribution in [0, 0.1) is 17.8 Å². The largest absolute Gasteiger partial charge is 0.342 e. The molecule has 26 heavy (non-hydrogen) atoms. The molecule has 136 valence electrons. The van der Waals surface area contributed by atoms with Gasteiger partial charge in [0.1, 0.15) is 0 Å². The van der Waals surface area contributed by atoms with Crippen molar-refractivity contribution in [3.8, 4) is 23.0 Å². The molecule has 1 fully saturated rings. The minimum absolute atomic E-state index is 0.409. The van der Waals surface area contributed by atoms with Crippen LogP contribution in [-0.2, 0) is 9.47 Å². The van der Waals surface area contributed by atoms with E-state index in [1.807, 2.05) is 36.4 Å². The Morgan fingerprint density at radius 1 is 0.923 bits per heavy atom. The van der Waals surface area contributed by atoms with E-state index in [-0.39, 0.29) is 0 Å². The van der Waals surface area contributed by atoms with Gasteiger partial charge in [0.2, 0.25) is 6.29 Å². The standard InChI is InChI=1S/C23H25ClO2/c1-2-3-4-5-19-16-25-23(26-17-19)15-8-18-6-9-20(10-7-18)21-11-13-22(24)14-12-21/h6-7,9-14,19,23H,2-5,16-17H2,1H3/t19-,23-. The highest BCUT2D eigenvalue weighted by molar-refractivity contribution is 6.30. The zero-order valence-corrected chi connectivity index (χ0v) is 16.0. The highest BCUT2D eigenvalue weighted by atomic mass is 35.5. The van der Waals surface area contributed by atoms with E-state index >= 15 is 0 Å². The molecular weight excluding hydrogens is 344 g/mol. The molecule has 1 saturated heterocycles. The number of unbranched alkanes of at least 4 members (excludes halogenated alkanes) is 2. The van der Waals surface area contributed by atoms with E-state index in [0.717, 1.165) is 34.9 Å². The fourth-order valence-corrected chi connectivity index (χ4v) is 3.13. The first kappa shape index (κ1) is 19.0. The number of ether oxygens (including phenoxy) is 2. The van der Waals surface area contributed by atoms with Gasteiger partial charge in [-0.15, -0.1) is 0 Å². The first-order chi connectivity index (χ1) is 12.7. The average molecular weight is 369 g/mol. The Morgan fingerprint density at radius 2 is 1.54 bits per heavy atom. The average Bonchev–Trinajstić information content (AvgIpc) is 2.69. The van der Waals surface area contributed by atoms with Gasteiger partial charge in [-0.2, -0.15) is 0 Å². The van der Waals surface area contributed by atoms with Crippen molar-refractivity contribution < 1.29 is 9.47 Å². The van der Waals surface area contributed by atoms with Gasteiger partial charge in [0.15, 0.2) is 0 Å². The van der Waals surface area contributed by atoms with Gasteiger partial charge < -0.3 is 9.47 Å². The van der Waals surface area contributed by atoms with Gasteiger partial charge in [0, 0.05) is 16.5 Å². The van der Waals surface area contributed by atoms with Crippen LogP contribution in [0.15, 0.2) is 48.5 Å². The second kappa shape index (κ2) is 9.78. The molecule has 0 unspecified atom stereocenters. The normalized spacial score (nSPS) is 19.6. The Labute approximate surface area is 161 Å². The van der Waals surface area contributed by atoms with Crippen LogP contribution in [-0.4, -0.2) is 19.5 Å². The van der Waals surface area contributed by atoms with E-state index in [4.69, 9.17) is 21.1 Å². The summed E-state index contributed by atoms with van der Waals surface area (Å²) >= 11 is 5.94. The monoisotopic (exact) mass is 368 g/mol. The predicted octanol–water partition coefficient (Wildman–Crippen LogP) is 5.93. The number of benzene rings is 2. The number of rotatable bonds is 5. The second-order valence-electron chi connectivity index (χ2n) is 6.71. The van der Waals surface area contributed by atoms with E-state index in [1.165, 1.54) is 25.7 Å². The smallest absolute Gasteiger partial charge is 0.222 e. The van der Waals surface area contributed by atoms with Gasteiger partial charge in [-0.1, -0.05) is 68.0 Å². The van der Waals surface area contributed by atoms with Crippen LogP contribution in [0.1, 0.15) is 38.2 Å². The van der Waals surface area contributed by atoms with Crippen LogP contribution < -0.4 is 0 Å². The van der Waals surface area contributed by atoms with Crippen LogP contribution in [0.25, 0.3) is 11.1 Å². The summed E-state index contributed by atoms with van der Waals surface area (Å²) in [7, 11) is 0. The van der Waals surface area contributed by atoms with Gasteiger partial charge in [-0.25, -0.2) is 0 Å². The quantitative estimate of drug-likeness (QED) is 0.481. The lowest BCUT2D eigenvalue weighted by Gasteiger charge is -2.26. The summed E-state index contributed by atoms with van der Waals surface area (Å²) in [6.45, 7) is 3.72. The molecule has 0 atom stereocenters. The zero-order chi connectivity index (χ0) is 18.2. The highest BCUT2D eigenvalue weighted by Gasteiger charge is 2.20. The molecule has 3 heteroatoms. The third kappa shape index (κ3) is 5.61. The summed E-state index contributed by atoms with van der Waals surface area (Å²) in [6, 6.07) is 16.0. The Morgan fingerprint density at radius 3 is 2.15 bits per heavy atom. The van der Waals surface area contributed by atoms with Crippen molar-refractivity contribution >= 4 is 11.6 Å². The molecule has 1 aliphatic heterocycles. The van der Waals surface area contributed by atoms with Gasteiger partial charge in [-0.05, 0) is 47.7 Å². The summed E-state index contributed by atoms with van der Waals surface area (Å²) in [6.07, 6.45) is 4.56. The molecule has 0 bridgehead atoms. The molecule has 2 nitrogen and oxygen atoms in total. The minimum atomic E-state index is -0.409. The van der Waals surface area contributed by atoms with E-state index < -0.39 is 6.29 Å². The minimum Gasteiger partial charge on any atom is -0.342 e. The molecule has 0 amide bonds. The van der Waals surface area contributed by atoms with Crippen molar-refractivity contribution in [1.82, 2.24) is 0 Å². The summed E-state index contributed by atoms with van der Waals surface area (Å²) < 4.78 is 11.5. The molecule has 0 radical (unpaired) electrons. The van der Waals surface area contributed by atoms with E-state index in [9.17, 15) is 0 Å². The molecule has 0 aliphatic carbocycles. The van der Waals surface area contributed by atoms with Crippen LogP contribution in [0.5, 0.6) is 0 Å². The topological polar surface area (TPSA) is 18.5 Å². The summed E-state index contributed by atoms with van der Waals surface area (Å²) in [5, 5.41) is 0.747. The zero-order valence-electron chi connectivity index (χ0n) is 15.2. The van der Waals surface area contributed by atoms with Crippen molar-refractivity contribution in [2.75, 3.05) is 13.2 Å². The fourth-order valence-electron chi connectivity index (χ4n) is 3.01. The fraction of sp³-hybridized carbons (Fsp3) is 0.391. The lowest BCUT2D eigenvalue weighted by atomic mass is 10.0. The Hall–Kier alpha value is -1.79. The molecule has 2 aromatic carbocycles. The first-order valence-electron chi connectivity index (χ1n) is 9.35. The third-order valence-electron chi connectivity index (χ3n) is 4.58. The van der Waals surface area contributed by atoms with Crippen molar-refractivity contribution in [3.05, 3.63) is 59.1 Å². The van der Waals surface area contributed by atoms with Crippen LogP contribution in [0.2, 0.25) is 5.02 Å². The second-order valence-corrected chi connectivity index (χ2v) is 7.15. The Balaban J connectivity index is 1.52. The lowest BCUT2D eigenvalue weighted by molar-refractivity contribution is -0.170. The van der Waals surface area contributed by atoms with Crippen LogP contribution >= 0.6 is 11.6 Å². The number of halogens is 1. The highest BCUT2D eigenvalue weighted by Crippen LogP contribution is 2.22. The molecule has 1 heterocycles. The van der Waals surface area contributed by atoms with Gasteiger partial charge in [-0.3, -0.25) is 0 Å². The Kier molecular flexibility index (Phi) is 7.14. The van der Waals surface area contributed by atoms with Gasteiger partial charge >= 0.3 is 0 Å². The lowest BCUT2D eigenvalue weighted by Crippen LogP contribution is -2.31. The predicted molar refractivity (Wildman–Crippen MR) is 107 cm³/mol. The first-order valence-corrected chi connectivity index (χ1v) is 9.73. The molecule has 0 spiro atoms. The van der Waals surface area contributed by atoms with E-state index in [2.05, 4.69) is 30.9 Å². The van der Waals surface area contributed by atoms with Crippen molar-refractivity contribution in [2.45, 2.75) is 38.9 Å². The van der Waals surface area contributed by atoms with Crippen molar-refractivity contribution in [1.29, 1.82) is 0 Å². The van der Waals surface area contributed by atoms with Gasteiger partial charge in [0.05, 0.1) is 13.2 Å². The molecule has 0 N–H and O–H groups in total. The van der Waals surface area contributed by atoms with E-state index in [0.29, 0.717) is 5.92 Å². The van der Waals surface area contributed by atoms with Crippen LogP contribution in [0.4, 0.5) is 0 Å². The van der Waals surface area contributed by atoms with Crippen molar-refractivity contribution in [3.63, 3.8) is 0 Å². The molecule has 0 aromatic heterocycles. The number of hydrogen-bond acceptors (Lipinski definition) is 2. The summed E-state index contributed by atoms with van der Waals surface area (Å²) in [5.74, 6) is 6.74. The Bertz CT molecular complexity index is 733. The molecule has 0 saturated carbocycles. The van der Waals surface area contributed by atoms with Gasteiger partial charge in [0.25, 0.3) is 0 Å².